The highest BCUT2D eigenvalue weighted by Crippen LogP contribution is 2.23. The van der Waals surface area contributed by atoms with Crippen molar-refractivity contribution in [2.24, 2.45) is 0 Å². The number of rotatable bonds is 4. The lowest BCUT2D eigenvalue weighted by Crippen LogP contribution is -2.26. The lowest BCUT2D eigenvalue weighted by molar-refractivity contribution is 0.398. The fraction of sp³-hybridized carbons (Fsp3) is 0.125. The van der Waals surface area contributed by atoms with E-state index < -0.39 is 10.0 Å². The average Bonchev–Trinajstić information content (AvgIpc) is 2.91. The number of hydrogen-bond donors (Lipinski definition) is 0. The Balaban J connectivity index is 1.92. The third-order valence-corrected chi connectivity index (χ3v) is 5.66. The van der Waals surface area contributed by atoms with Crippen molar-refractivity contribution in [1.29, 1.82) is 0 Å². The second-order valence-electron chi connectivity index (χ2n) is 4.98. The molecule has 0 N–H and O–H groups in total. The second-order valence-corrected chi connectivity index (χ2v) is 7.80. The van der Waals surface area contributed by atoms with E-state index in [1.54, 1.807) is 31.3 Å². The number of sulfonamides is 1. The van der Waals surface area contributed by atoms with Crippen molar-refractivity contribution in [1.82, 2.24) is 4.31 Å². The van der Waals surface area contributed by atoms with Crippen LogP contribution < -0.4 is 0 Å². The molecule has 0 radical (unpaired) electrons. The van der Waals surface area contributed by atoms with Crippen LogP contribution in [0.15, 0.2) is 68.6 Å². The van der Waals surface area contributed by atoms with Gasteiger partial charge in [-0.2, -0.15) is 4.31 Å². The van der Waals surface area contributed by atoms with Gasteiger partial charge in [-0.15, -0.1) is 0 Å². The van der Waals surface area contributed by atoms with Crippen LogP contribution in [-0.2, 0) is 16.6 Å². The normalized spacial score (nSPS) is 12.1. The van der Waals surface area contributed by atoms with E-state index in [4.69, 9.17) is 4.42 Å². The van der Waals surface area contributed by atoms with Crippen LogP contribution in [0, 0.1) is 0 Å². The Morgan fingerprint density at radius 3 is 2.45 bits per heavy atom. The summed E-state index contributed by atoms with van der Waals surface area (Å²) in [5.74, 6) is 0.582. The van der Waals surface area contributed by atoms with Crippen LogP contribution in [0.5, 0.6) is 0 Å². The smallest absolute Gasteiger partial charge is 0.243 e. The van der Waals surface area contributed by atoms with Crippen LogP contribution in [0.4, 0.5) is 0 Å². The number of furan rings is 1. The van der Waals surface area contributed by atoms with Crippen molar-refractivity contribution in [2.75, 3.05) is 7.05 Å². The van der Waals surface area contributed by atoms with Crippen molar-refractivity contribution in [3.05, 3.63) is 65.0 Å². The van der Waals surface area contributed by atoms with Crippen LogP contribution in [0.1, 0.15) is 5.76 Å². The molecule has 1 aromatic heterocycles. The van der Waals surface area contributed by atoms with Gasteiger partial charge in [0.25, 0.3) is 0 Å². The molecule has 0 fully saturated rings. The Kier molecular flexibility index (Phi) is 4.08. The summed E-state index contributed by atoms with van der Waals surface area (Å²) in [5.41, 5.74) is 0. The second kappa shape index (κ2) is 5.87. The molecular weight excluding hydrogens is 366 g/mol. The molecule has 114 valence electrons. The molecule has 0 amide bonds. The van der Waals surface area contributed by atoms with Gasteiger partial charge in [-0.25, -0.2) is 8.42 Å². The van der Waals surface area contributed by atoms with Crippen molar-refractivity contribution in [3.8, 4) is 0 Å². The Bertz CT molecular complexity index is 918. The van der Waals surface area contributed by atoms with Gasteiger partial charge >= 0.3 is 0 Å². The molecule has 0 bridgehead atoms. The number of benzene rings is 2. The lowest BCUT2D eigenvalue weighted by Gasteiger charge is -2.16. The lowest BCUT2D eigenvalue weighted by atomic mass is 10.1. The quantitative estimate of drug-likeness (QED) is 0.687. The largest absolute Gasteiger partial charge is 0.453 e. The van der Waals surface area contributed by atoms with Gasteiger partial charge in [-0.3, -0.25) is 0 Å². The average molecular weight is 380 g/mol. The van der Waals surface area contributed by atoms with Crippen LogP contribution in [0.2, 0.25) is 0 Å². The summed E-state index contributed by atoms with van der Waals surface area (Å²) in [6.45, 7) is 0.181. The van der Waals surface area contributed by atoms with Gasteiger partial charge in [-0.1, -0.05) is 30.3 Å². The first-order valence-electron chi connectivity index (χ1n) is 6.66. The summed E-state index contributed by atoms with van der Waals surface area (Å²) in [6.07, 6.45) is 0. The summed E-state index contributed by atoms with van der Waals surface area (Å²) in [5, 5.41) is 1.91. The minimum atomic E-state index is -3.56. The Morgan fingerprint density at radius 2 is 1.77 bits per heavy atom. The van der Waals surface area contributed by atoms with Crippen LogP contribution in [-0.4, -0.2) is 19.8 Å². The van der Waals surface area contributed by atoms with Gasteiger partial charge in [-0.05, 0) is 51.0 Å². The molecule has 3 rings (SSSR count). The first kappa shape index (κ1) is 15.3. The molecule has 3 aromatic rings. The molecular formula is C16H14BrNO3S. The Hall–Kier alpha value is -1.63. The van der Waals surface area contributed by atoms with Crippen LogP contribution in [0.3, 0.4) is 0 Å². The summed E-state index contributed by atoms with van der Waals surface area (Å²) in [6, 6.07) is 16.3. The number of halogens is 1. The predicted octanol–water partition coefficient (Wildman–Crippen LogP) is 4.02. The molecule has 4 nitrogen and oxygen atoms in total. The van der Waals surface area contributed by atoms with Gasteiger partial charge in [0.15, 0.2) is 4.67 Å². The summed E-state index contributed by atoms with van der Waals surface area (Å²) in [4.78, 5) is 0.277. The highest BCUT2D eigenvalue weighted by molar-refractivity contribution is 9.10. The highest BCUT2D eigenvalue weighted by atomic mass is 79.9. The van der Waals surface area contributed by atoms with E-state index in [9.17, 15) is 8.42 Å². The standard InChI is InChI=1S/C16H14BrNO3S/c1-18(11-14-7-9-16(17)21-14)22(19,20)15-8-6-12-4-2-3-5-13(12)10-15/h2-10H,11H2,1H3. The Morgan fingerprint density at radius 1 is 1.05 bits per heavy atom. The monoisotopic (exact) mass is 379 g/mol. The minimum absolute atomic E-state index is 0.181. The summed E-state index contributed by atoms with van der Waals surface area (Å²) in [7, 11) is -2.02. The maximum Gasteiger partial charge on any atom is 0.243 e. The van der Waals surface area contributed by atoms with Crippen LogP contribution >= 0.6 is 15.9 Å². The van der Waals surface area contributed by atoms with Gasteiger partial charge in [0.1, 0.15) is 5.76 Å². The number of nitrogens with zero attached hydrogens (tertiary/aromatic N) is 1. The highest BCUT2D eigenvalue weighted by Gasteiger charge is 2.22. The van der Waals surface area contributed by atoms with Crippen molar-refractivity contribution >= 4 is 36.7 Å². The molecule has 2 aromatic carbocycles. The molecule has 1 heterocycles. The van der Waals surface area contributed by atoms with E-state index in [1.807, 2.05) is 30.3 Å². The SMILES string of the molecule is CN(Cc1ccc(Br)o1)S(=O)(=O)c1ccc2ccccc2c1. The van der Waals surface area contributed by atoms with Gasteiger partial charge in [0, 0.05) is 7.05 Å². The zero-order valence-corrected chi connectivity index (χ0v) is 14.3. The molecule has 0 atom stereocenters. The first-order chi connectivity index (χ1) is 10.5. The van der Waals surface area contributed by atoms with E-state index >= 15 is 0 Å². The number of fused-ring (bicyclic) bond motifs is 1. The number of hydrogen-bond acceptors (Lipinski definition) is 3. The third-order valence-electron chi connectivity index (χ3n) is 3.44. The van der Waals surface area contributed by atoms with E-state index in [2.05, 4.69) is 15.9 Å². The van der Waals surface area contributed by atoms with Gasteiger partial charge in [0.05, 0.1) is 11.4 Å². The van der Waals surface area contributed by atoms with E-state index in [0.29, 0.717) is 10.4 Å². The van der Waals surface area contributed by atoms with Crippen molar-refractivity contribution in [3.63, 3.8) is 0 Å². The summed E-state index contributed by atoms with van der Waals surface area (Å²) < 4.78 is 32.5. The maximum absolute atomic E-state index is 12.7. The molecule has 0 aliphatic heterocycles. The fourth-order valence-corrected chi connectivity index (χ4v) is 3.76. The maximum atomic E-state index is 12.7. The fourth-order valence-electron chi connectivity index (χ4n) is 2.25. The topological polar surface area (TPSA) is 50.5 Å². The van der Waals surface area contributed by atoms with E-state index in [1.165, 1.54) is 4.31 Å². The molecule has 22 heavy (non-hydrogen) atoms. The molecule has 6 heteroatoms. The molecule has 0 saturated carbocycles. The first-order valence-corrected chi connectivity index (χ1v) is 8.89. The third kappa shape index (κ3) is 2.95. The van der Waals surface area contributed by atoms with E-state index in [-0.39, 0.29) is 11.4 Å². The van der Waals surface area contributed by atoms with Gasteiger partial charge in [0.2, 0.25) is 10.0 Å². The van der Waals surface area contributed by atoms with Crippen LogP contribution in [0.25, 0.3) is 10.8 Å². The zero-order chi connectivity index (χ0) is 15.7. The molecule has 0 aliphatic rings. The Labute approximate surface area is 137 Å². The van der Waals surface area contributed by atoms with E-state index in [0.717, 1.165) is 10.8 Å². The summed E-state index contributed by atoms with van der Waals surface area (Å²) >= 11 is 3.21. The van der Waals surface area contributed by atoms with Crippen molar-refractivity contribution in [2.45, 2.75) is 11.4 Å². The molecule has 0 aliphatic carbocycles. The molecule has 0 unspecified atom stereocenters. The molecule has 0 saturated heterocycles. The minimum Gasteiger partial charge on any atom is -0.453 e. The molecule has 0 spiro atoms. The predicted molar refractivity (Wildman–Crippen MR) is 89.0 cm³/mol. The van der Waals surface area contributed by atoms with Gasteiger partial charge < -0.3 is 4.42 Å². The zero-order valence-electron chi connectivity index (χ0n) is 11.9. The van der Waals surface area contributed by atoms with Crippen molar-refractivity contribution < 1.29 is 12.8 Å².